The molecule has 1 fully saturated rings. The summed E-state index contributed by atoms with van der Waals surface area (Å²) in [5.74, 6) is 0. The molecule has 1 saturated carbocycles. The van der Waals surface area contributed by atoms with Gasteiger partial charge in [0.1, 0.15) is 0 Å². The third-order valence-corrected chi connectivity index (χ3v) is 5.80. The Morgan fingerprint density at radius 1 is 1.32 bits per heavy atom. The topological polar surface area (TPSA) is 52.7 Å². The number of rotatable bonds is 10. The Morgan fingerprint density at radius 2 is 1.95 bits per heavy atom. The fraction of sp³-hybridized carbons (Fsp3) is 1.00. The molecule has 0 radical (unpaired) electrons. The third kappa shape index (κ3) is 5.38. The number of nitrogens with zero attached hydrogens (tertiary/aromatic N) is 2. The average Bonchev–Trinajstić information content (AvgIpc) is 3.17. The summed E-state index contributed by atoms with van der Waals surface area (Å²) in [5.41, 5.74) is 0. The Kier molecular flexibility index (Phi) is 6.73. The van der Waals surface area contributed by atoms with Gasteiger partial charge in [-0.15, -0.1) is 0 Å². The van der Waals surface area contributed by atoms with Crippen LogP contribution >= 0.6 is 0 Å². The fourth-order valence-electron chi connectivity index (χ4n) is 2.06. The molecule has 114 valence electrons. The normalized spacial score (nSPS) is 18.2. The van der Waals surface area contributed by atoms with Gasteiger partial charge in [-0.25, -0.2) is 0 Å². The van der Waals surface area contributed by atoms with Crippen molar-refractivity contribution in [3.63, 3.8) is 0 Å². The van der Waals surface area contributed by atoms with Crippen molar-refractivity contribution in [3.05, 3.63) is 0 Å². The van der Waals surface area contributed by atoms with E-state index in [4.69, 9.17) is 0 Å². The summed E-state index contributed by atoms with van der Waals surface area (Å²) in [5, 5.41) is 3.40. The Bertz CT molecular complexity index is 355. The molecule has 1 rings (SSSR count). The molecule has 0 heterocycles. The van der Waals surface area contributed by atoms with E-state index in [-0.39, 0.29) is 6.04 Å². The van der Waals surface area contributed by atoms with Gasteiger partial charge < -0.3 is 5.32 Å². The van der Waals surface area contributed by atoms with Crippen LogP contribution in [-0.4, -0.2) is 56.3 Å². The summed E-state index contributed by atoms with van der Waals surface area (Å²) in [4.78, 5) is 0. The zero-order valence-corrected chi connectivity index (χ0v) is 13.5. The molecule has 5 nitrogen and oxygen atoms in total. The van der Waals surface area contributed by atoms with Crippen molar-refractivity contribution in [1.29, 1.82) is 0 Å². The molecule has 0 aromatic carbocycles. The molecule has 0 bridgehead atoms. The van der Waals surface area contributed by atoms with Crippen LogP contribution in [0.4, 0.5) is 0 Å². The summed E-state index contributed by atoms with van der Waals surface area (Å²) in [6, 6.07) is 0.746. The highest BCUT2D eigenvalue weighted by Crippen LogP contribution is 2.18. The predicted octanol–water partition coefficient (Wildman–Crippen LogP) is 1.43. The van der Waals surface area contributed by atoms with E-state index < -0.39 is 10.2 Å². The van der Waals surface area contributed by atoms with E-state index in [2.05, 4.69) is 12.2 Å². The van der Waals surface area contributed by atoms with Crippen LogP contribution in [-0.2, 0) is 10.2 Å². The van der Waals surface area contributed by atoms with Gasteiger partial charge in [-0.05, 0) is 39.2 Å². The van der Waals surface area contributed by atoms with E-state index in [9.17, 15) is 8.42 Å². The Morgan fingerprint density at radius 3 is 2.47 bits per heavy atom. The molecule has 0 aliphatic heterocycles. The molecule has 0 saturated heterocycles. The van der Waals surface area contributed by atoms with Gasteiger partial charge in [0.2, 0.25) is 0 Å². The fourth-order valence-corrected chi connectivity index (χ4v) is 3.42. The average molecular weight is 291 g/mol. The van der Waals surface area contributed by atoms with Gasteiger partial charge in [0.05, 0.1) is 0 Å². The first-order valence-corrected chi connectivity index (χ1v) is 8.72. The van der Waals surface area contributed by atoms with Crippen molar-refractivity contribution in [2.45, 2.75) is 58.0 Å². The van der Waals surface area contributed by atoms with E-state index in [0.29, 0.717) is 12.6 Å². The Hall–Kier alpha value is -0.170. The molecule has 19 heavy (non-hydrogen) atoms. The van der Waals surface area contributed by atoms with Crippen molar-refractivity contribution >= 4 is 10.2 Å². The van der Waals surface area contributed by atoms with Gasteiger partial charge in [-0.1, -0.05) is 13.3 Å². The first-order chi connectivity index (χ1) is 8.89. The van der Waals surface area contributed by atoms with Gasteiger partial charge >= 0.3 is 0 Å². The highest BCUT2D eigenvalue weighted by Gasteiger charge is 2.27. The summed E-state index contributed by atoms with van der Waals surface area (Å²) in [6.45, 7) is 5.51. The second-order valence-corrected chi connectivity index (χ2v) is 7.66. The zero-order chi connectivity index (χ0) is 14.5. The Labute approximate surface area is 118 Å². The molecule has 0 aromatic rings. The molecule has 1 aliphatic carbocycles. The van der Waals surface area contributed by atoms with Crippen LogP contribution in [0.2, 0.25) is 0 Å². The van der Waals surface area contributed by atoms with Crippen molar-refractivity contribution in [3.8, 4) is 0 Å². The zero-order valence-electron chi connectivity index (χ0n) is 12.7. The Balaban J connectivity index is 2.35. The highest BCUT2D eigenvalue weighted by molar-refractivity contribution is 7.86. The van der Waals surface area contributed by atoms with Gasteiger partial charge in [-0.2, -0.15) is 17.0 Å². The first-order valence-electron chi connectivity index (χ1n) is 7.32. The molecule has 0 spiro atoms. The van der Waals surface area contributed by atoms with Gasteiger partial charge in [0.15, 0.2) is 0 Å². The first kappa shape index (κ1) is 16.9. The second-order valence-electron chi connectivity index (χ2n) is 5.57. The van der Waals surface area contributed by atoms with Gasteiger partial charge in [0, 0.05) is 32.7 Å². The quantitative estimate of drug-likeness (QED) is 0.619. The highest BCUT2D eigenvalue weighted by atomic mass is 32.2. The minimum atomic E-state index is -3.31. The van der Waals surface area contributed by atoms with Crippen molar-refractivity contribution in [2.75, 3.05) is 27.2 Å². The lowest BCUT2D eigenvalue weighted by Gasteiger charge is -2.28. The minimum absolute atomic E-state index is 0.0574. The van der Waals surface area contributed by atoms with Crippen LogP contribution in [0, 0.1) is 0 Å². The van der Waals surface area contributed by atoms with E-state index in [1.54, 1.807) is 14.1 Å². The lowest BCUT2D eigenvalue weighted by Crippen LogP contribution is -2.44. The summed E-state index contributed by atoms with van der Waals surface area (Å²) < 4.78 is 27.6. The predicted molar refractivity (Wildman–Crippen MR) is 79.3 cm³/mol. The van der Waals surface area contributed by atoms with E-state index in [1.807, 2.05) is 6.92 Å². The van der Waals surface area contributed by atoms with Gasteiger partial charge in [0.25, 0.3) is 10.2 Å². The summed E-state index contributed by atoms with van der Waals surface area (Å²) >= 11 is 0. The van der Waals surface area contributed by atoms with Crippen LogP contribution in [0.5, 0.6) is 0 Å². The molecule has 0 aromatic heterocycles. The van der Waals surface area contributed by atoms with Crippen molar-refractivity contribution in [2.24, 2.45) is 0 Å². The van der Waals surface area contributed by atoms with E-state index in [1.165, 1.54) is 21.5 Å². The maximum atomic E-state index is 12.3. The largest absolute Gasteiger partial charge is 0.314 e. The molecule has 1 atom stereocenters. The standard InChI is InChI=1S/C13H29N3O2S/c1-5-7-12(2)16(4)19(17,18)15(3)11-6-10-14-13-8-9-13/h12-14H,5-11H2,1-4H3. The van der Waals surface area contributed by atoms with E-state index >= 15 is 0 Å². The smallest absolute Gasteiger partial charge is 0.281 e. The van der Waals surface area contributed by atoms with Crippen LogP contribution in [0.25, 0.3) is 0 Å². The lowest BCUT2D eigenvalue weighted by molar-refractivity contribution is 0.329. The van der Waals surface area contributed by atoms with Crippen LogP contribution < -0.4 is 5.32 Å². The maximum absolute atomic E-state index is 12.3. The molecular formula is C13H29N3O2S. The maximum Gasteiger partial charge on any atom is 0.281 e. The third-order valence-electron chi connectivity index (χ3n) is 3.75. The second kappa shape index (κ2) is 7.57. The molecule has 6 heteroatoms. The number of hydrogen-bond donors (Lipinski definition) is 1. The van der Waals surface area contributed by atoms with Crippen molar-refractivity contribution < 1.29 is 8.42 Å². The lowest BCUT2D eigenvalue weighted by atomic mass is 10.2. The van der Waals surface area contributed by atoms with Crippen molar-refractivity contribution in [1.82, 2.24) is 13.9 Å². The molecule has 1 N–H and O–H groups in total. The van der Waals surface area contributed by atoms with Gasteiger partial charge in [-0.3, -0.25) is 0 Å². The molecule has 1 unspecified atom stereocenters. The molecule has 1 aliphatic rings. The monoisotopic (exact) mass is 291 g/mol. The molecular weight excluding hydrogens is 262 g/mol. The minimum Gasteiger partial charge on any atom is -0.314 e. The van der Waals surface area contributed by atoms with Crippen LogP contribution in [0.15, 0.2) is 0 Å². The van der Waals surface area contributed by atoms with Crippen LogP contribution in [0.1, 0.15) is 46.0 Å². The number of hydrogen-bond acceptors (Lipinski definition) is 3. The summed E-state index contributed by atoms with van der Waals surface area (Å²) in [7, 11) is 0.0369. The summed E-state index contributed by atoms with van der Waals surface area (Å²) in [6.07, 6.45) is 5.29. The molecule has 0 amide bonds. The number of nitrogens with one attached hydrogen (secondary N) is 1. The van der Waals surface area contributed by atoms with E-state index in [0.717, 1.165) is 25.8 Å². The SMILES string of the molecule is CCCC(C)N(C)S(=O)(=O)N(C)CCCNC1CC1. The van der Waals surface area contributed by atoms with Crippen LogP contribution in [0.3, 0.4) is 0 Å².